The molecular weight excluding hydrogens is 550 g/mol. The van der Waals surface area contributed by atoms with E-state index in [1.165, 1.54) is 0 Å². The summed E-state index contributed by atoms with van der Waals surface area (Å²) in [6.45, 7) is 10.0. The third-order valence-electron chi connectivity index (χ3n) is 7.76. The Balaban J connectivity index is 1.65. The fourth-order valence-electron chi connectivity index (χ4n) is 5.62. The average molecular weight is 590 g/mol. The number of fused-ring (bicyclic) bond motifs is 4. The minimum atomic E-state index is -3.99. The monoisotopic (exact) mass is 589 g/mol. The van der Waals surface area contributed by atoms with E-state index in [2.05, 4.69) is 33.6 Å². The van der Waals surface area contributed by atoms with Crippen molar-refractivity contribution < 1.29 is 17.9 Å². The molecule has 0 amide bonds. The second kappa shape index (κ2) is 12.6. The van der Waals surface area contributed by atoms with Gasteiger partial charge in [0.05, 0.1) is 36.5 Å². The number of nitrogens with zero attached hydrogens (tertiary/aromatic N) is 4. The summed E-state index contributed by atoms with van der Waals surface area (Å²) in [6, 6.07) is 14.9. The Morgan fingerprint density at radius 2 is 1.83 bits per heavy atom. The summed E-state index contributed by atoms with van der Waals surface area (Å²) in [5, 5.41) is 4.58. The second-order valence-electron chi connectivity index (χ2n) is 11.4. The first kappa shape index (κ1) is 29.7. The predicted octanol–water partition coefficient (Wildman–Crippen LogP) is 5.98. The van der Waals surface area contributed by atoms with Gasteiger partial charge < -0.3 is 9.47 Å². The molecule has 1 unspecified atom stereocenters. The van der Waals surface area contributed by atoms with Gasteiger partial charge in [-0.15, -0.1) is 0 Å². The van der Waals surface area contributed by atoms with Crippen molar-refractivity contribution in [3.05, 3.63) is 83.2 Å². The van der Waals surface area contributed by atoms with Gasteiger partial charge in [0.25, 0.3) is 10.0 Å². The lowest BCUT2D eigenvalue weighted by molar-refractivity contribution is 0.183. The minimum Gasteiger partial charge on any atom is -0.477 e. The molecule has 3 heterocycles. The highest BCUT2D eigenvalue weighted by Crippen LogP contribution is 2.38. The van der Waals surface area contributed by atoms with Crippen molar-refractivity contribution in [3.63, 3.8) is 0 Å². The van der Waals surface area contributed by atoms with Crippen molar-refractivity contribution in [2.75, 3.05) is 25.0 Å². The van der Waals surface area contributed by atoms with Crippen LogP contribution in [0.5, 0.6) is 5.88 Å². The van der Waals surface area contributed by atoms with Crippen molar-refractivity contribution in [1.29, 1.82) is 0 Å². The van der Waals surface area contributed by atoms with E-state index in [0.29, 0.717) is 37.3 Å². The van der Waals surface area contributed by atoms with E-state index in [9.17, 15) is 8.42 Å². The van der Waals surface area contributed by atoms with E-state index < -0.39 is 10.0 Å². The normalized spacial score (nSPS) is 18.0. The maximum atomic E-state index is 13.7. The summed E-state index contributed by atoms with van der Waals surface area (Å²) < 4.78 is 43.5. The first-order chi connectivity index (χ1) is 20.1. The number of hydrogen-bond acceptors (Lipinski definition) is 7. The van der Waals surface area contributed by atoms with E-state index in [-0.39, 0.29) is 22.7 Å². The zero-order valence-corrected chi connectivity index (χ0v) is 25.7. The summed E-state index contributed by atoms with van der Waals surface area (Å²) in [6.07, 6.45) is 5.77. The average Bonchev–Trinajstić information content (AvgIpc) is 3.41. The highest BCUT2D eigenvalue weighted by atomic mass is 32.2. The van der Waals surface area contributed by atoms with E-state index >= 15 is 0 Å². The summed E-state index contributed by atoms with van der Waals surface area (Å²) in [5.74, 6) is 0.682. The van der Waals surface area contributed by atoms with Crippen LogP contribution in [0.2, 0.25) is 0 Å². The van der Waals surface area contributed by atoms with Gasteiger partial charge in [-0.2, -0.15) is 10.1 Å². The molecule has 0 fully saturated rings. The Hall–Kier alpha value is -3.76. The molecule has 0 spiro atoms. The number of aryl methyl sites for hydroxylation is 2. The van der Waals surface area contributed by atoms with Crippen LogP contribution in [-0.2, 0) is 21.3 Å². The summed E-state index contributed by atoms with van der Waals surface area (Å²) in [4.78, 5) is 9.28. The molecule has 9 nitrogen and oxygen atoms in total. The molecule has 1 aliphatic rings. The number of methoxy groups -OCH3 is 1. The number of ether oxygens (including phenoxy) is 2. The number of sulfonamides is 1. The third-order valence-corrected chi connectivity index (χ3v) is 9.09. The lowest BCUT2D eigenvalue weighted by atomic mass is 9.79. The highest BCUT2D eigenvalue weighted by molar-refractivity contribution is 7.92. The zero-order valence-electron chi connectivity index (χ0n) is 24.9. The number of anilines is 1. The molecule has 1 aliphatic heterocycles. The smallest absolute Gasteiger partial charge is 0.264 e. The van der Waals surface area contributed by atoms with Gasteiger partial charge in [-0.25, -0.2) is 18.1 Å². The van der Waals surface area contributed by atoms with Crippen molar-refractivity contribution in [1.82, 2.24) is 19.7 Å². The Morgan fingerprint density at radius 3 is 2.57 bits per heavy atom. The van der Waals surface area contributed by atoms with Crippen LogP contribution < -0.4 is 9.46 Å². The van der Waals surface area contributed by atoms with E-state index in [0.717, 1.165) is 40.7 Å². The van der Waals surface area contributed by atoms with Crippen molar-refractivity contribution in [2.24, 2.45) is 11.8 Å². The zero-order chi connectivity index (χ0) is 29.9. The van der Waals surface area contributed by atoms with E-state index in [1.54, 1.807) is 31.4 Å². The molecule has 222 valence electrons. The maximum Gasteiger partial charge on any atom is 0.264 e. The molecule has 4 bridgehead atoms. The minimum absolute atomic E-state index is 0.0224. The molecule has 2 atom stereocenters. The molecule has 42 heavy (non-hydrogen) atoms. The largest absolute Gasteiger partial charge is 0.477 e. The van der Waals surface area contributed by atoms with Crippen LogP contribution >= 0.6 is 0 Å². The number of benzene rings is 2. The summed E-state index contributed by atoms with van der Waals surface area (Å²) in [7, 11) is -2.32. The lowest BCUT2D eigenvalue weighted by Gasteiger charge is -2.28. The van der Waals surface area contributed by atoms with E-state index in [4.69, 9.17) is 9.47 Å². The molecule has 1 N–H and O–H groups in total. The number of rotatable bonds is 8. The first-order valence-electron chi connectivity index (χ1n) is 14.4. The van der Waals surface area contributed by atoms with Crippen LogP contribution in [0.25, 0.3) is 11.3 Å². The molecule has 2 aromatic heterocycles. The molecule has 0 radical (unpaired) electrons. The van der Waals surface area contributed by atoms with Gasteiger partial charge >= 0.3 is 0 Å². The Labute approximate surface area is 248 Å². The molecule has 10 heteroatoms. The van der Waals surface area contributed by atoms with Crippen LogP contribution in [0.15, 0.2) is 65.8 Å². The fraction of sp³-hybridized carbons (Fsp3) is 0.406. The number of hydrogen-bond donors (Lipinski definition) is 1. The standard InChI is InChI=1S/C32H39N5O4S/c1-21(2)12-13-25-20-41-29-17-28(30-22(3)8-6-9-23(30)4)34-32(35-29)36-42(38,39)27-11-7-10-24(16-27)31(25)26-18-33-37(19-26)14-15-40-5/h6-11,16-19,21,25,31H,12-15,20H2,1-5H3,(H,34,35,36)/t25-,31?/m1/s1. The quantitative estimate of drug-likeness (QED) is 0.269. The van der Waals surface area contributed by atoms with E-state index in [1.807, 2.05) is 55.2 Å². The number of aromatic nitrogens is 4. The highest BCUT2D eigenvalue weighted by Gasteiger charge is 2.30. The summed E-state index contributed by atoms with van der Waals surface area (Å²) >= 11 is 0. The van der Waals surface area contributed by atoms with Gasteiger partial charge in [-0.3, -0.25) is 4.68 Å². The van der Waals surface area contributed by atoms with Crippen LogP contribution in [0.1, 0.15) is 54.9 Å². The predicted molar refractivity (Wildman–Crippen MR) is 163 cm³/mol. The van der Waals surface area contributed by atoms with Crippen LogP contribution in [0.3, 0.4) is 0 Å². The molecule has 4 aromatic rings. The van der Waals surface area contributed by atoms with Gasteiger partial charge in [-0.1, -0.05) is 50.6 Å². The van der Waals surface area contributed by atoms with Crippen molar-refractivity contribution >= 4 is 16.0 Å². The van der Waals surface area contributed by atoms with Gasteiger partial charge in [-0.05, 0) is 60.6 Å². The van der Waals surface area contributed by atoms with Crippen molar-refractivity contribution in [3.8, 4) is 17.1 Å². The molecule has 0 saturated carbocycles. The molecule has 2 aromatic carbocycles. The Kier molecular flexibility index (Phi) is 8.93. The van der Waals surface area contributed by atoms with Crippen molar-refractivity contribution in [2.45, 2.75) is 57.9 Å². The third kappa shape index (κ3) is 6.65. The summed E-state index contributed by atoms with van der Waals surface area (Å²) in [5.41, 5.74) is 5.49. The van der Waals surface area contributed by atoms with Crippen LogP contribution in [0.4, 0.5) is 5.95 Å². The number of nitrogens with one attached hydrogen (secondary N) is 1. The van der Waals surface area contributed by atoms with Gasteiger partial charge in [0.15, 0.2) is 0 Å². The van der Waals surface area contributed by atoms with Crippen LogP contribution in [-0.4, -0.2) is 48.5 Å². The van der Waals surface area contributed by atoms with Gasteiger partial charge in [0.2, 0.25) is 11.8 Å². The topological polar surface area (TPSA) is 108 Å². The first-order valence-corrected chi connectivity index (χ1v) is 15.9. The second-order valence-corrected chi connectivity index (χ2v) is 13.1. The molecule has 0 aliphatic carbocycles. The Bertz CT molecular complexity index is 1630. The lowest BCUT2D eigenvalue weighted by Crippen LogP contribution is -2.24. The molecular formula is C32H39N5O4S. The van der Waals surface area contributed by atoms with Gasteiger partial charge in [0, 0.05) is 36.8 Å². The SMILES string of the molecule is COCCn1cc(C2c3cccc(c3)S(=O)(=O)Nc3nc(cc(-c4c(C)cccc4C)n3)OC[C@H]2CCC(C)C)cn1. The fourth-order valence-corrected chi connectivity index (χ4v) is 6.61. The Morgan fingerprint density at radius 1 is 1.07 bits per heavy atom. The maximum absolute atomic E-state index is 13.7. The molecule has 5 rings (SSSR count). The van der Waals surface area contributed by atoms with Gasteiger partial charge in [0.1, 0.15) is 0 Å². The van der Waals surface area contributed by atoms with Crippen LogP contribution in [0, 0.1) is 25.7 Å². The molecule has 0 saturated heterocycles.